The smallest absolute Gasteiger partial charge is 0.246 e. The third-order valence-electron chi connectivity index (χ3n) is 4.28. The quantitative estimate of drug-likeness (QED) is 0.562. The Labute approximate surface area is 163 Å². The zero-order chi connectivity index (χ0) is 19.8. The highest BCUT2D eigenvalue weighted by Crippen LogP contribution is 2.17. The molecule has 0 bridgehead atoms. The normalized spacial score (nSPS) is 11.6. The highest BCUT2D eigenvalue weighted by molar-refractivity contribution is 5.97. The molecule has 0 aliphatic heterocycles. The van der Waals surface area contributed by atoms with E-state index in [1.165, 1.54) is 6.33 Å². The molecular weight excluding hydrogens is 354 g/mol. The summed E-state index contributed by atoms with van der Waals surface area (Å²) in [6.07, 6.45) is 3.05. The fourth-order valence-electron chi connectivity index (χ4n) is 2.87. The minimum absolute atomic E-state index is 0.166. The van der Waals surface area contributed by atoms with Crippen LogP contribution in [0.2, 0.25) is 0 Å². The predicted molar refractivity (Wildman–Crippen MR) is 107 cm³/mol. The van der Waals surface area contributed by atoms with Gasteiger partial charge in [-0.25, -0.2) is 4.98 Å². The molecule has 7 nitrogen and oxygen atoms in total. The van der Waals surface area contributed by atoms with Crippen LogP contribution in [0.25, 0.3) is 11.4 Å². The average Bonchev–Trinajstić information content (AvgIpc) is 3.24. The van der Waals surface area contributed by atoms with E-state index in [4.69, 9.17) is 0 Å². The van der Waals surface area contributed by atoms with Gasteiger partial charge >= 0.3 is 0 Å². The molecule has 144 valence electrons. The van der Waals surface area contributed by atoms with Crippen LogP contribution in [0.5, 0.6) is 0 Å². The van der Waals surface area contributed by atoms with Gasteiger partial charge in [-0.3, -0.25) is 14.7 Å². The van der Waals surface area contributed by atoms with Crippen molar-refractivity contribution in [3.63, 3.8) is 0 Å². The molecule has 3 rings (SSSR count). The van der Waals surface area contributed by atoms with Crippen molar-refractivity contribution in [2.75, 3.05) is 5.32 Å². The molecule has 2 aromatic carbocycles. The summed E-state index contributed by atoms with van der Waals surface area (Å²) < 4.78 is 0. The van der Waals surface area contributed by atoms with Crippen LogP contribution < -0.4 is 10.6 Å². The van der Waals surface area contributed by atoms with Gasteiger partial charge in [0.15, 0.2) is 5.82 Å². The van der Waals surface area contributed by atoms with Crippen LogP contribution in [-0.2, 0) is 16.0 Å². The number of amides is 2. The number of carbonyl (C=O) groups is 2. The first kappa shape index (κ1) is 19.3. The summed E-state index contributed by atoms with van der Waals surface area (Å²) in [6.45, 7) is 1.98. The van der Waals surface area contributed by atoms with Crippen molar-refractivity contribution in [2.45, 2.75) is 32.2 Å². The Morgan fingerprint density at radius 3 is 2.46 bits per heavy atom. The van der Waals surface area contributed by atoms with Gasteiger partial charge < -0.3 is 10.6 Å². The lowest BCUT2D eigenvalue weighted by atomic mass is 10.1. The lowest BCUT2D eigenvalue weighted by Gasteiger charge is -2.18. The van der Waals surface area contributed by atoms with E-state index in [0.29, 0.717) is 17.9 Å². The van der Waals surface area contributed by atoms with Crippen molar-refractivity contribution in [2.24, 2.45) is 0 Å². The molecule has 0 saturated carbocycles. The summed E-state index contributed by atoms with van der Waals surface area (Å²) in [5.74, 6) is 0.269. The van der Waals surface area contributed by atoms with Crippen LogP contribution in [-0.4, -0.2) is 33.0 Å². The Morgan fingerprint density at radius 1 is 1.07 bits per heavy atom. The molecule has 0 radical (unpaired) electrons. The summed E-state index contributed by atoms with van der Waals surface area (Å²) in [6, 6.07) is 16.2. The Bertz CT molecular complexity index is 892. The van der Waals surface area contributed by atoms with E-state index in [1.54, 1.807) is 12.1 Å². The van der Waals surface area contributed by atoms with E-state index in [0.717, 1.165) is 17.5 Å². The summed E-state index contributed by atoms with van der Waals surface area (Å²) in [4.78, 5) is 29.1. The van der Waals surface area contributed by atoms with Gasteiger partial charge in [-0.2, -0.15) is 5.10 Å². The number of carbonyl (C=O) groups excluding carboxylic acids is 2. The summed E-state index contributed by atoms with van der Waals surface area (Å²) in [7, 11) is 0. The van der Waals surface area contributed by atoms with Crippen LogP contribution in [0, 0.1) is 0 Å². The van der Waals surface area contributed by atoms with E-state index in [-0.39, 0.29) is 18.2 Å². The molecule has 3 aromatic rings. The molecule has 7 heteroatoms. The fraction of sp³-hybridized carbons (Fsp3) is 0.238. The van der Waals surface area contributed by atoms with Gasteiger partial charge in [0.1, 0.15) is 12.4 Å². The topological polar surface area (TPSA) is 99.8 Å². The molecule has 0 fully saturated rings. The number of nitrogens with zero attached hydrogens (tertiary/aromatic N) is 2. The number of aromatic nitrogens is 3. The Hall–Kier alpha value is -3.48. The van der Waals surface area contributed by atoms with E-state index in [2.05, 4.69) is 25.8 Å². The minimum atomic E-state index is -0.574. The first-order chi connectivity index (χ1) is 13.7. The summed E-state index contributed by atoms with van der Waals surface area (Å²) >= 11 is 0. The van der Waals surface area contributed by atoms with Crippen LogP contribution in [0.15, 0.2) is 60.9 Å². The lowest BCUT2D eigenvalue weighted by Crippen LogP contribution is -2.44. The summed E-state index contributed by atoms with van der Waals surface area (Å²) in [5, 5.41) is 12.3. The molecule has 1 aromatic heterocycles. The van der Waals surface area contributed by atoms with E-state index in [9.17, 15) is 9.59 Å². The monoisotopic (exact) mass is 377 g/mol. The van der Waals surface area contributed by atoms with Crippen molar-refractivity contribution in [3.8, 4) is 11.4 Å². The third-order valence-corrected chi connectivity index (χ3v) is 4.28. The van der Waals surface area contributed by atoms with Gasteiger partial charge in [0.05, 0.1) is 6.42 Å². The summed E-state index contributed by atoms with van der Waals surface area (Å²) in [5.41, 5.74) is 2.45. The van der Waals surface area contributed by atoms with Gasteiger partial charge in [0, 0.05) is 11.3 Å². The molecule has 0 aliphatic rings. The molecule has 0 aliphatic carbocycles. The van der Waals surface area contributed by atoms with E-state index >= 15 is 0 Å². The number of anilines is 1. The molecule has 0 saturated heterocycles. The van der Waals surface area contributed by atoms with Crippen molar-refractivity contribution in [3.05, 3.63) is 66.5 Å². The molecule has 1 heterocycles. The van der Waals surface area contributed by atoms with Gasteiger partial charge in [-0.15, -0.1) is 0 Å². The molecule has 3 N–H and O–H groups in total. The average molecular weight is 377 g/mol. The zero-order valence-electron chi connectivity index (χ0n) is 15.7. The highest BCUT2D eigenvalue weighted by atomic mass is 16.2. The van der Waals surface area contributed by atoms with Crippen LogP contribution in [0.3, 0.4) is 0 Å². The van der Waals surface area contributed by atoms with Crippen LogP contribution in [0.4, 0.5) is 5.69 Å². The van der Waals surface area contributed by atoms with E-state index < -0.39 is 6.04 Å². The Balaban J connectivity index is 1.60. The van der Waals surface area contributed by atoms with Crippen LogP contribution >= 0.6 is 0 Å². The SMILES string of the molecule is CCCC(NC(=O)Cc1ccccc1)C(=O)Nc1ccc(-c2ncn[nH]2)cc1. The van der Waals surface area contributed by atoms with Crippen molar-refractivity contribution in [1.29, 1.82) is 0 Å². The van der Waals surface area contributed by atoms with Crippen molar-refractivity contribution < 1.29 is 9.59 Å². The van der Waals surface area contributed by atoms with Crippen molar-refractivity contribution in [1.82, 2.24) is 20.5 Å². The standard InChI is InChI=1S/C21H23N5O2/c1-2-6-18(25-19(27)13-15-7-4-3-5-8-15)21(28)24-17-11-9-16(10-12-17)20-22-14-23-26-20/h3-5,7-12,14,18H,2,6,13H2,1H3,(H,24,28)(H,25,27)(H,22,23,26). The predicted octanol–water partition coefficient (Wildman–Crippen LogP) is 2.94. The van der Waals surface area contributed by atoms with Crippen LogP contribution in [0.1, 0.15) is 25.3 Å². The minimum Gasteiger partial charge on any atom is -0.344 e. The second-order valence-corrected chi connectivity index (χ2v) is 6.47. The Kier molecular flexibility index (Phi) is 6.51. The third kappa shape index (κ3) is 5.26. The zero-order valence-corrected chi connectivity index (χ0v) is 15.7. The number of nitrogens with one attached hydrogen (secondary N) is 3. The largest absolute Gasteiger partial charge is 0.344 e. The second-order valence-electron chi connectivity index (χ2n) is 6.47. The van der Waals surface area contributed by atoms with Gasteiger partial charge in [0.2, 0.25) is 11.8 Å². The molecule has 28 heavy (non-hydrogen) atoms. The Morgan fingerprint density at radius 2 is 1.82 bits per heavy atom. The van der Waals surface area contributed by atoms with E-state index in [1.807, 2.05) is 49.4 Å². The van der Waals surface area contributed by atoms with Crippen molar-refractivity contribution >= 4 is 17.5 Å². The number of H-pyrrole nitrogens is 1. The lowest BCUT2D eigenvalue weighted by molar-refractivity contribution is -0.126. The first-order valence-corrected chi connectivity index (χ1v) is 9.25. The maximum Gasteiger partial charge on any atom is 0.246 e. The number of benzene rings is 2. The number of rotatable bonds is 8. The molecular formula is C21H23N5O2. The number of aromatic amines is 1. The van der Waals surface area contributed by atoms with Gasteiger partial charge in [-0.1, -0.05) is 43.7 Å². The highest BCUT2D eigenvalue weighted by Gasteiger charge is 2.20. The molecule has 1 unspecified atom stereocenters. The van der Waals surface area contributed by atoms with Gasteiger partial charge in [0.25, 0.3) is 0 Å². The molecule has 0 spiro atoms. The first-order valence-electron chi connectivity index (χ1n) is 9.25. The fourth-order valence-corrected chi connectivity index (χ4v) is 2.87. The number of hydrogen-bond donors (Lipinski definition) is 3. The number of hydrogen-bond acceptors (Lipinski definition) is 4. The maximum absolute atomic E-state index is 12.6. The molecule has 1 atom stereocenters. The second kappa shape index (κ2) is 9.45. The molecule has 2 amide bonds. The van der Waals surface area contributed by atoms with Gasteiger partial charge in [-0.05, 0) is 36.2 Å². The maximum atomic E-state index is 12.6.